The van der Waals surface area contributed by atoms with Crippen LogP contribution in [-0.2, 0) is 14.3 Å². The van der Waals surface area contributed by atoms with E-state index in [4.69, 9.17) is 4.74 Å². The molecule has 0 spiro atoms. The Hall–Kier alpha value is -3.01. The first-order valence-corrected chi connectivity index (χ1v) is 9.32. The minimum Gasteiger partial charge on any atom is -0.449 e. The lowest BCUT2D eigenvalue weighted by atomic mass is 10.2. The van der Waals surface area contributed by atoms with E-state index in [0.717, 1.165) is 11.0 Å². The number of carbonyl (C=O) groups excluding carboxylic acids is 3. The number of amides is 2. The molecule has 0 aromatic heterocycles. The van der Waals surface area contributed by atoms with Crippen LogP contribution in [0.1, 0.15) is 24.2 Å². The van der Waals surface area contributed by atoms with E-state index in [0.29, 0.717) is 11.8 Å². The van der Waals surface area contributed by atoms with Crippen LogP contribution >= 0.6 is 11.8 Å². The summed E-state index contributed by atoms with van der Waals surface area (Å²) in [6.45, 7) is 2.99. The molecule has 0 radical (unpaired) electrons. The van der Waals surface area contributed by atoms with Crippen LogP contribution in [0.2, 0.25) is 0 Å². The highest BCUT2D eigenvalue weighted by atomic mass is 32.2. The van der Waals surface area contributed by atoms with E-state index in [-0.39, 0.29) is 16.7 Å². The molecule has 2 atom stereocenters. The van der Waals surface area contributed by atoms with Gasteiger partial charge in [-0.3, -0.25) is 9.59 Å². The second-order valence-corrected chi connectivity index (χ2v) is 7.60. The van der Waals surface area contributed by atoms with Crippen molar-refractivity contribution in [2.24, 2.45) is 0 Å². The maximum absolute atomic E-state index is 13.7. The third kappa shape index (κ3) is 4.37. The fourth-order valence-electron chi connectivity index (χ4n) is 2.47. The quantitative estimate of drug-likeness (QED) is 0.577. The number of halogens is 3. The Morgan fingerprint density at radius 1 is 1.17 bits per heavy atom. The van der Waals surface area contributed by atoms with Gasteiger partial charge in [0, 0.05) is 4.90 Å². The molecule has 10 heteroatoms. The summed E-state index contributed by atoms with van der Waals surface area (Å²) in [5, 5.41) is 4.45. The van der Waals surface area contributed by atoms with Crippen LogP contribution in [0.4, 0.5) is 24.5 Å². The summed E-state index contributed by atoms with van der Waals surface area (Å²) in [7, 11) is 0. The summed E-state index contributed by atoms with van der Waals surface area (Å²) in [5.74, 6) is -6.66. The maximum atomic E-state index is 13.7. The van der Waals surface area contributed by atoms with Crippen molar-refractivity contribution in [1.29, 1.82) is 0 Å². The molecule has 2 N–H and O–H groups in total. The number of thioether (sulfide) groups is 1. The zero-order valence-corrected chi connectivity index (χ0v) is 16.0. The van der Waals surface area contributed by atoms with Gasteiger partial charge >= 0.3 is 5.97 Å². The van der Waals surface area contributed by atoms with E-state index < -0.39 is 41.1 Å². The minimum atomic E-state index is -1.73. The number of fused-ring (bicyclic) bond motifs is 1. The van der Waals surface area contributed by atoms with E-state index in [1.165, 1.54) is 30.8 Å². The SMILES string of the molecule is C[C@@H](OC(=O)c1ccc2c(c1)NC(=O)[C@@H](C)S2)C(=O)Nc1ccc(F)c(F)c1F. The third-order valence-electron chi connectivity index (χ3n) is 4.09. The topological polar surface area (TPSA) is 84.5 Å². The Morgan fingerprint density at radius 3 is 2.62 bits per heavy atom. The van der Waals surface area contributed by atoms with Gasteiger partial charge in [-0.15, -0.1) is 11.8 Å². The Morgan fingerprint density at radius 2 is 1.90 bits per heavy atom. The lowest BCUT2D eigenvalue weighted by Crippen LogP contribution is -2.30. The van der Waals surface area contributed by atoms with Crippen LogP contribution in [0, 0.1) is 17.5 Å². The molecule has 0 aliphatic carbocycles. The number of nitrogens with one attached hydrogen (secondary N) is 2. The lowest BCUT2D eigenvalue weighted by molar-refractivity contribution is -0.123. The number of benzene rings is 2. The fourth-order valence-corrected chi connectivity index (χ4v) is 3.41. The molecular formula is C19H15F3N2O4S. The first-order valence-electron chi connectivity index (χ1n) is 8.44. The average Bonchev–Trinajstić information content (AvgIpc) is 2.68. The van der Waals surface area contributed by atoms with Crippen LogP contribution in [0.25, 0.3) is 0 Å². The van der Waals surface area contributed by atoms with Gasteiger partial charge in [0.05, 0.1) is 22.2 Å². The number of carbonyl (C=O) groups is 3. The van der Waals surface area contributed by atoms with Gasteiger partial charge in [-0.25, -0.2) is 18.0 Å². The second-order valence-electron chi connectivity index (χ2n) is 6.22. The predicted octanol–water partition coefficient (Wildman–Crippen LogP) is 3.72. The minimum absolute atomic E-state index is 0.0952. The molecule has 2 aromatic carbocycles. The van der Waals surface area contributed by atoms with Gasteiger partial charge in [0.1, 0.15) is 0 Å². The Balaban J connectivity index is 1.68. The molecule has 2 aromatic rings. The lowest BCUT2D eigenvalue weighted by Gasteiger charge is -2.22. The van der Waals surface area contributed by atoms with Crippen LogP contribution in [0.15, 0.2) is 35.2 Å². The predicted molar refractivity (Wildman–Crippen MR) is 100 cm³/mol. The second kappa shape index (κ2) is 8.16. The van der Waals surface area contributed by atoms with E-state index in [9.17, 15) is 27.6 Å². The van der Waals surface area contributed by atoms with Crippen molar-refractivity contribution in [3.05, 3.63) is 53.3 Å². The number of ether oxygens (including phenoxy) is 1. The van der Waals surface area contributed by atoms with Gasteiger partial charge in [0.2, 0.25) is 5.91 Å². The summed E-state index contributed by atoms with van der Waals surface area (Å²) in [5.41, 5.74) is -0.0363. The molecule has 1 heterocycles. The summed E-state index contributed by atoms with van der Waals surface area (Å²) < 4.78 is 44.9. The van der Waals surface area contributed by atoms with Crippen LogP contribution in [0.5, 0.6) is 0 Å². The van der Waals surface area contributed by atoms with Crippen LogP contribution in [-0.4, -0.2) is 29.1 Å². The number of hydrogen-bond acceptors (Lipinski definition) is 5. The van der Waals surface area contributed by atoms with Crippen LogP contribution in [0.3, 0.4) is 0 Å². The first-order chi connectivity index (χ1) is 13.7. The zero-order valence-electron chi connectivity index (χ0n) is 15.2. The van der Waals surface area contributed by atoms with Gasteiger partial charge in [-0.2, -0.15) is 0 Å². The summed E-state index contributed by atoms with van der Waals surface area (Å²) >= 11 is 1.34. The summed E-state index contributed by atoms with van der Waals surface area (Å²) in [4.78, 5) is 37.0. The zero-order chi connectivity index (χ0) is 21.3. The van der Waals surface area contributed by atoms with Crippen molar-refractivity contribution in [2.75, 3.05) is 10.6 Å². The normalized spacial score (nSPS) is 16.4. The maximum Gasteiger partial charge on any atom is 0.338 e. The smallest absolute Gasteiger partial charge is 0.338 e. The Bertz CT molecular complexity index is 1020. The molecular weight excluding hydrogens is 409 g/mol. The number of hydrogen-bond donors (Lipinski definition) is 2. The van der Waals surface area contributed by atoms with Gasteiger partial charge < -0.3 is 15.4 Å². The number of anilines is 2. The van der Waals surface area contributed by atoms with Crippen molar-refractivity contribution < 1.29 is 32.3 Å². The van der Waals surface area contributed by atoms with E-state index in [2.05, 4.69) is 5.32 Å². The molecule has 0 bridgehead atoms. The summed E-state index contributed by atoms with van der Waals surface area (Å²) in [6.07, 6.45) is -1.35. The number of esters is 1. The van der Waals surface area contributed by atoms with Crippen molar-refractivity contribution in [2.45, 2.75) is 30.1 Å². The van der Waals surface area contributed by atoms with Gasteiger partial charge in [0.15, 0.2) is 23.6 Å². The monoisotopic (exact) mass is 424 g/mol. The molecule has 152 valence electrons. The highest BCUT2D eigenvalue weighted by Crippen LogP contribution is 2.36. The molecule has 0 fully saturated rings. The Labute approximate surface area is 167 Å². The van der Waals surface area contributed by atoms with Crippen molar-refractivity contribution in [3.8, 4) is 0 Å². The van der Waals surface area contributed by atoms with Crippen molar-refractivity contribution >= 4 is 40.9 Å². The first kappa shape index (κ1) is 20.7. The largest absolute Gasteiger partial charge is 0.449 e. The molecule has 2 amide bonds. The summed E-state index contributed by atoms with van der Waals surface area (Å²) in [6, 6.07) is 6.07. The molecule has 0 unspecified atom stereocenters. The Kier molecular flexibility index (Phi) is 5.83. The van der Waals surface area contributed by atoms with Crippen molar-refractivity contribution in [1.82, 2.24) is 0 Å². The van der Waals surface area contributed by atoms with Crippen molar-refractivity contribution in [3.63, 3.8) is 0 Å². The number of rotatable bonds is 4. The molecule has 0 saturated heterocycles. The highest BCUT2D eigenvalue weighted by Gasteiger charge is 2.26. The van der Waals surface area contributed by atoms with Crippen LogP contribution < -0.4 is 10.6 Å². The average molecular weight is 424 g/mol. The molecule has 6 nitrogen and oxygen atoms in total. The van der Waals surface area contributed by atoms with E-state index in [1.54, 1.807) is 13.0 Å². The standard InChI is InChI=1S/C19H15F3N2O4S/c1-8(17(25)23-12-5-4-11(20)15(21)16(12)22)28-19(27)10-3-6-14-13(7-10)24-18(26)9(2)29-14/h3-9H,1-2H3,(H,23,25)(H,24,26)/t8-,9-/m1/s1. The van der Waals surface area contributed by atoms with E-state index >= 15 is 0 Å². The molecule has 1 aliphatic rings. The molecule has 3 rings (SSSR count). The third-order valence-corrected chi connectivity index (χ3v) is 5.27. The van der Waals surface area contributed by atoms with E-state index in [1.807, 2.05) is 5.32 Å². The molecule has 0 saturated carbocycles. The van der Waals surface area contributed by atoms with Gasteiger partial charge in [-0.05, 0) is 44.2 Å². The highest BCUT2D eigenvalue weighted by molar-refractivity contribution is 8.00. The van der Waals surface area contributed by atoms with Gasteiger partial charge in [-0.1, -0.05) is 0 Å². The molecule has 1 aliphatic heterocycles. The fraction of sp³-hybridized carbons (Fsp3) is 0.211. The van der Waals surface area contributed by atoms with Gasteiger partial charge in [0.25, 0.3) is 5.91 Å². The molecule has 29 heavy (non-hydrogen) atoms.